The van der Waals surface area contributed by atoms with E-state index >= 15 is 0 Å². The molecule has 21 heavy (non-hydrogen) atoms. The molecule has 0 aromatic carbocycles. The molecule has 8 nitrogen and oxygen atoms in total. The van der Waals surface area contributed by atoms with Crippen LogP contribution < -0.4 is 5.32 Å². The smallest absolute Gasteiger partial charge is 0.450 e. The van der Waals surface area contributed by atoms with Crippen LogP contribution in [0.15, 0.2) is 11.8 Å². The van der Waals surface area contributed by atoms with Gasteiger partial charge in [0.15, 0.2) is 5.78 Å². The lowest BCUT2D eigenvalue weighted by molar-refractivity contribution is -0.113. The lowest BCUT2D eigenvalue weighted by Crippen LogP contribution is -2.29. The SMILES string of the molecule is CCOC(=O)NCC(=O)/C=C(\C)OP(=O)(OCC)OCC. The largest absolute Gasteiger partial charge is 0.529 e. The predicted octanol–water partition coefficient (Wildman–Crippen LogP) is 2.40. The number of hydrogen-bond donors (Lipinski definition) is 1. The molecule has 0 rings (SSSR count). The standard InChI is InChI=1S/C12H22NO7P/c1-5-17-12(15)13-9-11(14)8-10(4)20-21(16,18-6-2)19-7-3/h8H,5-7,9H2,1-4H3,(H,13,15)/b10-8+. The summed E-state index contributed by atoms with van der Waals surface area (Å²) in [6, 6.07) is 0. The fourth-order valence-corrected chi connectivity index (χ4v) is 2.45. The summed E-state index contributed by atoms with van der Waals surface area (Å²) in [4.78, 5) is 22.6. The Labute approximate surface area is 124 Å². The number of nitrogens with one attached hydrogen (secondary N) is 1. The second-order valence-electron chi connectivity index (χ2n) is 3.67. The highest BCUT2D eigenvalue weighted by molar-refractivity contribution is 7.48. The van der Waals surface area contributed by atoms with E-state index in [4.69, 9.17) is 13.6 Å². The van der Waals surface area contributed by atoms with Crippen LogP contribution in [0.5, 0.6) is 0 Å². The topological polar surface area (TPSA) is 100 Å². The third kappa shape index (κ3) is 9.23. The first-order valence-corrected chi connectivity index (χ1v) is 8.03. The van der Waals surface area contributed by atoms with Gasteiger partial charge in [0.25, 0.3) is 0 Å². The number of ether oxygens (including phenoxy) is 1. The molecule has 0 radical (unpaired) electrons. The maximum Gasteiger partial charge on any atom is 0.529 e. The number of phosphoric ester groups is 1. The van der Waals surface area contributed by atoms with E-state index in [1.165, 1.54) is 6.92 Å². The van der Waals surface area contributed by atoms with Crippen LogP contribution in [0.1, 0.15) is 27.7 Å². The molecular weight excluding hydrogens is 301 g/mol. The number of carbonyl (C=O) groups excluding carboxylic acids is 2. The van der Waals surface area contributed by atoms with Gasteiger partial charge in [0, 0.05) is 6.08 Å². The molecule has 122 valence electrons. The van der Waals surface area contributed by atoms with Gasteiger partial charge in [-0.2, -0.15) is 0 Å². The predicted molar refractivity (Wildman–Crippen MR) is 75.7 cm³/mol. The maximum atomic E-state index is 12.0. The summed E-state index contributed by atoms with van der Waals surface area (Å²) in [5.41, 5.74) is 0. The first kappa shape index (κ1) is 19.6. The minimum Gasteiger partial charge on any atom is -0.450 e. The fourth-order valence-electron chi connectivity index (χ4n) is 1.23. The zero-order chi connectivity index (χ0) is 16.3. The lowest BCUT2D eigenvalue weighted by atomic mass is 10.3. The Morgan fingerprint density at radius 2 is 1.67 bits per heavy atom. The summed E-state index contributed by atoms with van der Waals surface area (Å²) < 4.78 is 31.5. The zero-order valence-corrected chi connectivity index (χ0v) is 13.6. The molecule has 0 saturated carbocycles. The van der Waals surface area contributed by atoms with Gasteiger partial charge < -0.3 is 14.6 Å². The third-order valence-electron chi connectivity index (χ3n) is 1.88. The molecule has 0 bridgehead atoms. The molecule has 1 amide bonds. The van der Waals surface area contributed by atoms with Gasteiger partial charge in [0.1, 0.15) is 5.76 Å². The number of alkyl carbamates (subject to hydrolysis) is 1. The van der Waals surface area contributed by atoms with Gasteiger partial charge in [0.2, 0.25) is 0 Å². The van der Waals surface area contributed by atoms with Gasteiger partial charge in [-0.05, 0) is 27.7 Å². The molecule has 0 aromatic rings. The van der Waals surface area contributed by atoms with Crippen LogP contribution in [0, 0.1) is 0 Å². The van der Waals surface area contributed by atoms with Crippen molar-refractivity contribution < 1.29 is 32.5 Å². The van der Waals surface area contributed by atoms with Gasteiger partial charge in [0.05, 0.1) is 26.4 Å². The second-order valence-corrected chi connectivity index (χ2v) is 5.26. The monoisotopic (exact) mass is 323 g/mol. The average molecular weight is 323 g/mol. The van der Waals surface area contributed by atoms with Gasteiger partial charge in [-0.25, -0.2) is 9.36 Å². The van der Waals surface area contributed by atoms with Crippen molar-refractivity contribution in [2.24, 2.45) is 0 Å². The van der Waals surface area contributed by atoms with Crippen LogP contribution in [0.25, 0.3) is 0 Å². The Balaban J connectivity index is 4.47. The molecule has 0 atom stereocenters. The Morgan fingerprint density at radius 3 is 2.14 bits per heavy atom. The number of hydrogen-bond acceptors (Lipinski definition) is 7. The summed E-state index contributed by atoms with van der Waals surface area (Å²) in [6.07, 6.45) is 0.406. The molecule has 0 aliphatic rings. The van der Waals surface area contributed by atoms with E-state index in [1.54, 1.807) is 20.8 Å². The van der Waals surface area contributed by atoms with E-state index in [0.29, 0.717) is 0 Å². The number of amides is 1. The molecule has 0 aliphatic carbocycles. The summed E-state index contributed by atoms with van der Waals surface area (Å²) in [6.45, 7) is 6.61. The van der Waals surface area contributed by atoms with Gasteiger partial charge in [-0.1, -0.05) is 0 Å². The molecule has 1 N–H and O–H groups in total. The van der Waals surface area contributed by atoms with Crippen LogP contribution in [0.3, 0.4) is 0 Å². The minimum atomic E-state index is -3.71. The quantitative estimate of drug-likeness (QED) is 0.374. The Kier molecular flexibility index (Phi) is 9.69. The van der Waals surface area contributed by atoms with Crippen molar-refractivity contribution in [3.63, 3.8) is 0 Å². The number of phosphoric acid groups is 1. The minimum absolute atomic E-state index is 0.0656. The average Bonchev–Trinajstić information content (AvgIpc) is 2.36. The van der Waals surface area contributed by atoms with Gasteiger partial charge in [-0.3, -0.25) is 13.8 Å². The molecule has 0 heterocycles. The highest BCUT2D eigenvalue weighted by Crippen LogP contribution is 2.50. The normalized spacial score (nSPS) is 11.9. The molecule has 0 aromatic heterocycles. The first-order valence-electron chi connectivity index (χ1n) is 6.57. The summed E-state index contributed by atoms with van der Waals surface area (Å²) >= 11 is 0. The maximum absolute atomic E-state index is 12.0. The number of rotatable bonds is 10. The number of ketones is 1. The van der Waals surface area contributed by atoms with Crippen molar-refractivity contribution in [3.05, 3.63) is 11.8 Å². The molecular formula is C12H22NO7P. The Bertz CT molecular complexity index is 412. The molecule has 0 fully saturated rings. The highest BCUT2D eigenvalue weighted by Gasteiger charge is 2.27. The van der Waals surface area contributed by atoms with Crippen molar-refractivity contribution >= 4 is 19.7 Å². The summed E-state index contributed by atoms with van der Waals surface area (Å²) in [7, 11) is -3.71. The molecule has 0 unspecified atom stereocenters. The van der Waals surface area contributed by atoms with E-state index in [0.717, 1.165) is 6.08 Å². The second kappa shape index (κ2) is 10.4. The van der Waals surface area contributed by atoms with E-state index in [9.17, 15) is 14.2 Å². The number of carbonyl (C=O) groups is 2. The molecule has 0 aliphatic heterocycles. The zero-order valence-electron chi connectivity index (χ0n) is 12.7. The summed E-state index contributed by atoms with van der Waals surface area (Å²) in [5.74, 6) is -0.379. The van der Waals surface area contributed by atoms with Crippen molar-refractivity contribution in [2.45, 2.75) is 27.7 Å². The molecule has 0 spiro atoms. The van der Waals surface area contributed by atoms with Gasteiger partial charge >= 0.3 is 13.9 Å². The fraction of sp³-hybridized carbons (Fsp3) is 0.667. The highest BCUT2D eigenvalue weighted by atomic mass is 31.2. The Hall–Kier alpha value is -1.37. The van der Waals surface area contributed by atoms with Crippen LogP contribution in [-0.2, 0) is 27.7 Å². The van der Waals surface area contributed by atoms with Crippen molar-refractivity contribution in [1.82, 2.24) is 5.32 Å². The van der Waals surface area contributed by atoms with Crippen LogP contribution >= 0.6 is 7.82 Å². The van der Waals surface area contributed by atoms with Crippen molar-refractivity contribution in [2.75, 3.05) is 26.4 Å². The molecule has 0 saturated heterocycles. The van der Waals surface area contributed by atoms with E-state index in [-0.39, 0.29) is 32.1 Å². The Morgan fingerprint density at radius 1 is 1.10 bits per heavy atom. The van der Waals surface area contributed by atoms with E-state index in [2.05, 4.69) is 10.1 Å². The van der Waals surface area contributed by atoms with Crippen LogP contribution in [-0.4, -0.2) is 38.2 Å². The summed E-state index contributed by atoms with van der Waals surface area (Å²) in [5, 5.41) is 2.26. The van der Waals surface area contributed by atoms with Crippen LogP contribution in [0.4, 0.5) is 4.79 Å². The van der Waals surface area contributed by atoms with Gasteiger partial charge in [-0.15, -0.1) is 0 Å². The third-order valence-corrected chi connectivity index (χ3v) is 3.54. The van der Waals surface area contributed by atoms with E-state index in [1.807, 2.05) is 0 Å². The first-order chi connectivity index (χ1) is 9.86. The van der Waals surface area contributed by atoms with Crippen molar-refractivity contribution in [1.29, 1.82) is 0 Å². The van der Waals surface area contributed by atoms with E-state index < -0.39 is 19.7 Å². The van der Waals surface area contributed by atoms with Crippen molar-refractivity contribution in [3.8, 4) is 0 Å². The number of allylic oxidation sites excluding steroid dienone is 1. The lowest BCUT2D eigenvalue weighted by Gasteiger charge is -2.17. The molecule has 9 heteroatoms. The van der Waals surface area contributed by atoms with Crippen LogP contribution in [0.2, 0.25) is 0 Å².